The van der Waals surface area contributed by atoms with Gasteiger partial charge in [-0.15, -0.1) is 0 Å². The summed E-state index contributed by atoms with van der Waals surface area (Å²) >= 11 is 0. The van der Waals surface area contributed by atoms with Crippen LogP contribution < -0.4 is 5.32 Å². The number of hydrogen-bond donors (Lipinski definition) is 1. The van der Waals surface area contributed by atoms with Crippen LogP contribution in [0.3, 0.4) is 0 Å². The van der Waals surface area contributed by atoms with Gasteiger partial charge in [-0.1, -0.05) is 29.3 Å². The molecule has 0 fully saturated rings. The molecule has 1 unspecified atom stereocenters. The van der Waals surface area contributed by atoms with Crippen molar-refractivity contribution in [2.24, 2.45) is 0 Å². The molecule has 0 saturated heterocycles. The van der Waals surface area contributed by atoms with E-state index in [1.807, 2.05) is 0 Å². The zero-order valence-corrected chi connectivity index (χ0v) is 12.7. The Balaban J connectivity index is 2.22. The first-order valence-electron chi connectivity index (χ1n) is 7.01. The van der Waals surface area contributed by atoms with E-state index < -0.39 is 0 Å². The van der Waals surface area contributed by atoms with E-state index in [-0.39, 0.29) is 0 Å². The number of nitrogens with one attached hydrogen (secondary N) is 1. The van der Waals surface area contributed by atoms with Gasteiger partial charge in [-0.2, -0.15) is 0 Å². The molecule has 0 aliphatic rings. The molecule has 108 valence electrons. The van der Waals surface area contributed by atoms with E-state index in [1.54, 1.807) is 7.11 Å². The summed E-state index contributed by atoms with van der Waals surface area (Å²) in [5, 5.41) is 3.53. The fourth-order valence-electron chi connectivity index (χ4n) is 2.11. The SMILES string of the molecule is COCCOCCCNC(C)c1cc(C)cc(C)c1. The van der Waals surface area contributed by atoms with Crippen LogP contribution >= 0.6 is 0 Å². The molecule has 0 bridgehead atoms. The summed E-state index contributed by atoms with van der Waals surface area (Å²) in [6, 6.07) is 7.09. The van der Waals surface area contributed by atoms with Crippen LogP contribution in [0, 0.1) is 13.8 Å². The Labute approximate surface area is 117 Å². The maximum absolute atomic E-state index is 5.43. The third kappa shape index (κ3) is 6.71. The standard InChI is InChI=1S/C16H27NO2/c1-13-10-14(2)12-16(11-13)15(3)17-6-5-7-19-9-8-18-4/h10-12,15,17H,5-9H2,1-4H3. The Morgan fingerprint density at radius 1 is 1.05 bits per heavy atom. The molecule has 0 spiro atoms. The number of hydrogen-bond acceptors (Lipinski definition) is 3. The lowest BCUT2D eigenvalue weighted by Gasteiger charge is -2.15. The van der Waals surface area contributed by atoms with Crippen LogP contribution in [-0.4, -0.2) is 33.5 Å². The van der Waals surface area contributed by atoms with E-state index in [0.717, 1.165) is 19.6 Å². The predicted octanol–water partition coefficient (Wildman–Crippen LogP) is 3.01. The molecule has 1 N–H and O–H groups in total. The minimum absolute atomic E-state index is 0.387. The highest BCUT2D eigenvalue weighted by Crippen LogP contribution is 2.16. The van der Waals surface area contributed by atoms with Gasteiger partial charge in [-0.3, -0.25) is 0 Å². The second-order valence-corrected chi connectivity index (χ2v) is 5.06. The van der Waals surface area contributed by atoms with E-state index in [4.69, 9.17) is 9.47 Å². The van der Waals surface area contributed by atoms with Gasteiger partial charge in [0.05, 0.1) is 13.2 Å². The smallest absolute Gasteiger partial charge is 0.0700 e. The lowest BCUT2D eigenvalue weighted by atomic mass is 10.0. The lowest BCUT2D eigenvalue weighted by Crippen LogP contribution is -2.21. The van der Waals surface area contributed by atoms with E-state index in [9.17, 15) is 0 Å². The molecule has 3 heteroatoms. The zero-order valence-electron chi connectivity index (χ0n) is 12.7. The lowest BCUT2D eigenvalue weighted by molar-refractivity contribution is 0.0693. The monoisotopic (exact) mass is 265 g/mol. The molecule has 1 atom stereocenters. The van der Waals surface area contributed by atoms with Crippen molar-refractivity contribution in [3.8, 4) is 0 Å². The summed E-state index contributed by atoms with van der Waals surface area (Å²) < 4.78 is 10.4. The molecule has 0 saturated carbocycles. The third-order valence-electron chi connectivity index (χ3n) is 3.09. The Morgan fingerprint density at radius 3 is 2.37 bits per heavy atom. The first-order chi connectivity index (χ1) is 9.13. The van der Waals surface area contributed by atoms with Gasteiger partial charge in [0.2, 0.25) is 0 Å². The summed E-state index contributed by atoms with van der Waals surface area (Å²) in [6.45, 7) is 9.62. The van der Waals surface area contributed by atoms with Crippen molar-refractivity contribution in [3.63, 3.8) is 0 Å². The summed E-state index contributed by atoms with van der Waals surface area (Å²) in [4.78, 5) is 0. The summed E-state index contributed by atoms with van der Waals surface area (Å²) in [5.74, 6) is 0. The highest BCUT2D eigenvalue weighted by molar-refractivity contribution is 5.30. The Kier molecular flexibility index (Phi) is 7.72. The first-order valence-corrected chi connectivity index (χ1v) is 7.01. The maximum Gasteiger partial charge on any atom is 0.0700 e. The van der Waals surface area contributed by atoms with Crippen LogP contribution in [0.4, 0.5) is 0 Å². The van der Waals surface area contributed by atoms with E-state index in [1.165, 1.54) is 16.7 Å². The number of benzene rings is 1. The quantitative estimate of drug-likeness (QED) is 0.696. The topological polar surface area (TPSA) is 30.5 Å². The fourth-order valence-corrected chi connectivity index (χ4v) is 2.11. The minimum Gasteiger partial charge on any atom is -0.382 e. The van der Waals surface area contributed by atoms with Gasteiger partial charge in [0, 0.05) is 19.8 Å². The van der Waals surface area contributed by atoms with Crippen LogP contribution in [0.1, 0.15) is 36.1 Å². The minimum atomic E-state index is 0.387. The van der Waals surface area contributed by atoms with Gasteiger partial charge >= 0.3 is 0 Å². The Hall–Kier alpha value is -0.900. The van der Waals surface area contributed by atoms with Gasteiger partial charge in [0.25, 0.3) is 0 Å². The average molecular weight is 265 g/mol. The van der Waals surface area contributed by atoms with Crippen molar-refractivity contribution >= 4 is 0 Å². The second-order valence-electron chi connectivity index (χ2n) is 5.06. The van der Waals surface area contributed by atoms with Crippen molar-refractivity contribution in [1.82, 2.24) is 5.32 Å². The molecule has 19 heavy (non-hydrogen) atoms. The highest BCUT2D eigenvalue weighted by atomic mass is 16.5. The molecule has 1 aromatic carbocycles. The fraction of sp³-hybridized carbons (Fsp3) is 0.625. The molecule has 0 aromatic heterocycles. The van der Waals surface area contributed by atoms with Gasteiger partial charge in [0.1, 0.15) is 0 Å². The van der Waals surface area contributed by atoms with E-state index in [2.05, 4.69) is 44.3 Å². The molecule has 0 radical (unpaired) electrons. The van der Waals surface area contributed by atoms with Crippen molar-refractivity contribution in [2.45, 2.75) is 33.2 Å². The molecular weight excluding hydrogens is 238 g/mol. The van der Waals surface area contributed by atoms with Crippen molar-refractivity contribution in [3.05, 3.63) is 34.9 Å². The van der Waals surface area contributed by atoms with Crippen molar-refractivity contribution in [1.29, 1.82) is 0 Å². The second kappa shape index (κ2) is 9.08. The van der Waals surface area contributed by atoms with E-state index in [0.29, 0.717) is 19.3 Å². The largest absolute Gasteiger partial charge is 0.382 e. The van der Waals surface area contributed by atoms with E-state index >= 15 is 0 Å². The molecule has 0 amide bonds. The number of methoxy groups -OCH3 is 1. The van der Waals surface area contributed by atoms with Crippen LogP contribution in [0.15, 0.2) is 18.2 Å². The van der Waals surface area contributed by atoms with Crippen molar-refractivity contribution in [2.75, 3.05) is 33.5 Å². The summed E-state index contributed by atoms with van der Waals surface area (Å²) in [7, 11) is 1.69. The molecule has 0 aliphatic carbocycles. The third-order valence-corrected chi connectivity index (χ3v) is 3.09. The molecule has 0 aliphatic heterocycles. The molecular formula is C16H27NO2. The normalized spacial score (nSPS) is 12.6. The predicted molar refractivity (Wildman–Crippen MR) is 79.6 cm³/mol. The van der Waals surface area contributed by atoms with Gasteiger partial charge in [-0.25, -0.2) is 0 Å². The zero-order chi connectivity index (χ0) is 14.1. The van der Waals surface area contributed by atoms with Crippen LogP contribution in [0.2, 0.25) is 0 Å². The molecule has 0 heterocycles. The molecule has 1 rings (SSSR count). The highest BCUT2D eigenvalue weighted by Gasteiger charge is 2.05. The Bertz CT molecular complexity index is 346. The van der Waals surface area contributed by atoms with Gasteiger partial charge in [-0.05, 0) is 39.3 Å². The molecule has 3 nitrogen and oxygen atoms in total. The van der Waals surface area contributed by atoms with Crippen LogP contribution in [-0.2, 0) is 9.47 Å². The van der Waals surface area contributed by atoms with Crippen LogP contribution in [0.25, 0.3) is 0 Å². The maximum atomic E-state index is 5.43. The van der Waals surface area contributed by atoms with Crippen molar-refractivity contribution < 1.29 is 9.47 Å². The summed E-state index contributed by atoms with van der Waals surface area (Å²) in [5.41, 5.74) is 4.01. The van der Waals surface area contributed by atoms with Gasteiger partial charge < -0.3 is 14.8 Å². The number of rotatable bonds is 9. The molecule has 1 aromatic rings. The Morgan fingerprint density at radius 2 is 1.74 bits per heavy atom. The number of ether oxygens (including phenoxy) is 2. The van der Waals surface area contributed by atoms with Crippen LogP contribution in [0.5, 0.6) is 0 Å². The number of aryl methyl sites for hydroxylation is 2. The summed E-state index contributed by atoms with van der Waals surface area (Å²) in [6.07, 6.45) is 1.03. The van der Waals surface area contributed by atoms with Gasteiger partial charge in [0.15, 0.2) is 0 Å². The first kappa shape index (κ1) is 16.2. The average Bonchev–Trinajstić information content (AvgIpc) is 2.36.